The first-order valence-electron chi connectivity index (χ1n) is 11.2. The molecule has 3 N–H and O–H groups in total. The second-order valence-corrected chi connectivity index (χ2v) is 10.0. The Morgan fingerprint density at radius 2 is 2.03 bits per heavy atom. The van der Waals surface area contributed by atoms with Gasteiger partial charge < -0.3 is 16.0 Å². The van der Waals surface area contributed by atoms with E-state index in [2.05, 4.69) is 16.7 Å². The van der Waals surface area contributed by atoms with Crippen molar-refractivity contribution in [1.82, 2.24) is 19.7 Å². The number of alkyl halides is 2. The number of hydrogen-bond donors (Lipinski definition) is 2. The molecule has 7 nitrogen and oxygen atoms in total. The van der Waals surface area contributed by atoms with Gasteiger partial charge in [0.2, 0.25) is 5.91 Å². The molecule has 2 aromatic heterocycles. The molecule has 2 aliphatic rings. The number of carbonyl (C=O) groups excluding carboxylic acids is 1. The Hall–Kier alpha value is -3.30. The SMILES string of the molecule is C=CC(=O)N1CC2(CC(n3nc(-c4cccnc4)c(-c4c(Cl)c(Cl)cc(N)c4C=N)c3C(F)F)C2)C1. The predicted molar refractivity (Wildman–Crippen MR) is 136 cm³/mol. The van der Waals surface area contributed by atoms with E-state index in [1.807, 2.05) is 0 Å². The molecule has 2 fully saturated rings. The summed E-state index contributed by atoms with van der Waals surface area (Å²) in [5.41, 5.74) is 6.98. The molecule has 1 aromatic carbocycles. The van der Waals surface area contributed by atoms with Gasteiger partial charge in [-0.05, 0) is 37.1 Å². The maximum atomic E-state index is 14.8. The molecule has 1 spiro atoms. The third-order valence-corrected chi connectivity index (χ3v) is 7.78. The minimum atomic E-state index is -2.90. The Bertz CT molecular complexity index is 1380. The highest BCUT2D eigenvalue weighted by Gasteiger charge is 2.55. The van der Waals surface area contributed by atoms with Gasteiger partial charge in [0.15, 0.2) is 0 Å². The van der Waals surface area contributed by atoms with E-state index in [-0.39, 0.29) is 61.2 Å². The van der Waals surface area contributed by atoms with Crippen molar-refractivity contribution >= 4 is 41.0 Å². The van der Waals surface area contributed by atoms with Crippen LogP contribution in [0.25, 0.3) is 22.4 Å². The van der Waals surface area contributed by atoms with Crippen LogP contribution in [0.5, 0.6) is 0 Å². The predicted octanol–water partition coefficient (Wildman–Crippen LogP) is 5.79. The number of pyridine rings is 1. The summed E-state index contributed by atoms with van der Waals surface area (Å²) in [6.45, 7) is 4.65. The smallest absolute Gasteiger partial charge is 0.280 e. The van der Waals surface area contributed by atoms with E-state index in [1.54, 1.807) is 23.2 Å². The molecule has 1 saturated heterocycles. The number of halogens is 4. The van der Waals surface area contributed by atoms with E-state index >= 15 is 0 Å². The largest absolute Gasteiger partial charge is 0.398 e. The van der Waals surface area contributed by atoms with Crippen molar-refractivity contribution in [1.29, 1.82) is 5.41 Å². The zero-order chi connectivity index (χ0) is 25.8. The first-order valence-corrected chi connectivity index (χ1v) is 12.0. The van der Waals surface area contributed by atoms with Gasteiger partial charge in [-0.1, -0.05) is 29.8 Å². The minimum Gasteiger partial charge on any atom is -0.398 e. The lowest BCUT2D eigenvalue weighted by molar-refractivity contribution is -0.149. The lowest BCUT2D eigenvalue weighted by Gasteiger charge is -2.58. The van der Waals surface area contributed by atoms with Gasteiger partial charge in [-0.25, -0.2) is 8.78 Å². The zero-order valence-electron chi connectivity index (χ0n) is 19.0. The summed E-state index contributed by atoms with van der Waals surface area (Å²) < 4.78 is 30.9. The van der Waals surface area contributed by atoms with Gasteiger partial charge in [0, 0.05) is 65.1 Å². The fraction of sp³-hybridized carbons (Fsp3) is 0.280. The standard InChI is InChI=1S/C25H22Cl2F2N6O/c1-2-18(36)34-11-25(12-34)7-14(8-25)35-23(24(28)29)20(22(33-35)13-4-3-5-32-10-13)19-15(9-30)17(31)6-16(26)21(19)27/h2-6,9-10,14,24,30H,1,7-8,11-12,31H2. The fourth-order valence-corrected chi connectivity index (χ4v) is 5.83. The maximum absolute atomic E-state index is 14.8. The van der Waals surface area contributed by atoms with Crippen LogP contribution in [-0.4, -0.2) is 44.9 Å². The van der Waals surface area contributed by atoms with Crippen LogP contribution in [0.4, 0.5) is 14.5 Å². The number of amides is 1. The van der Waals surface area contributed by atoms with Crippen LogP contribution in [0.1, 0.15) is 36.6 Å². The number of hydrogen-bond acceptors (Lipinski definition) is 5. The Labute approximate surface area is 216 Å². The lowest BCUT2D eigenvalue weighted by Crippen LogP contribution is -2.63. The van der Waals surface area contributed by atoms with Crippen LogP contribution in [-0.2, 0) is 4.79 Å². The highest BCUT2D eigenvalue weighted by atomic mass is 35.5. The third kappa shape index (κ3) is 3.77. The number of likely N-dealkylation sites (tertiary alicyclic amines) is 1. The molecular formula is C25H22Cl2F2N6O. The van der Waals surface area contributed by atoms with Crippen molar-refractivity contribution in [3.8, 4) is 22.4 Å². The lowest BCUT2D eigenvalue weighted by atomic mass is 9.60. The quantitative estimate of drug-likeness (QED) is 0.239. The number of nitrogens with zero attached hydrogens (tertiary/aromatic N) is 4. The number of nitrogen functional groups attached to an aromatic ring is 1. The number of nitrogens with one attached hydrogen (secondary N) is 1. The minimum absolute atomic E-state index is 0.0126. The van der Waals surface area contributed by atoms with E-state index in [9.17, 15) is 13.6 Å². The molecule has 1 aliphatic heterocycles. The molecule has 1 saturated carbocycles. The van der Waals surface area contributed by atoms with Gasteiger partial charge in [-0.3, -0.25) is 14.5 Å². The number of nitrogens with two attached hydrogens (primary N) is 1. The molecule has 3 heterocycles. The highest BCUT2D eigenvalue weighted by molar-refractivity contribution is 6.44. The summed E-state index contributed by atoms with van der Waals surface area (Å²) in [4.78, 5) is 17.7. The number of aromatic nitrogens is 3. The summed E-state index contributed by atoms with van der Waals surface area (Å²) >= 11 is 12.9. The Morgan fingerprint density at radius 3 is 2.61 bits per heavy atom. The normalized spacial score (nSPS) is 16.6. The van der Waals surface area contributed by atoms with Crippen LogP contribution in [0, 0.1) is 10.8 Å². The monoisotopic (exact) mass is 530 g/mol. The van der Waals surface area contributed by atoms with E-state index in [1.165, 1.54) is 23.0 Å². The molecule has 0 radical (unpaired) electrons. The number of anilines is 1. The van der Waals surface area contributed by atoms with Gasteiger partial charge in [0.05, 0.1) is 16.1 Å². The number of benzene rings is 1. The first-order chi connectivity index (χ1) is 17.2. The third-order valence-electron chi connectivity index (χ3n) is 7.00. The van der Waals surface area contributed by atoms with E-state index in [4.69, 9.17) is 34.3 Å². The van der Waals surface area contributed by atoms with Crippen molar-refractivity contribution < 1.29 is 13.6 Å². The molecule has 3 aromatic rings. The van der Waals surface area contributed by atoms with Crippen molar-refractivity contribution in [3.63, 3.8) is 0 Å². The van der Waals surface area contributed by atoms with Gasteiger partial charge >= 0.3 is 0 Å². The first kappa shape index (κ1) is 24.4. The second-order valence-electron chi connectivity index (χ2n) is 9.25. The van der Waals surface area contributed by atoms with Crippen LogP contribution in [0.3, 0.4) is 0 Å². The van der Waals surface area contributed by atoms with Crippen molar-refractivity contribution in [2.45, 2.75) is 25.3 Å². The van der Waals surface area contributed by atoms with Crippen molar-refractivity contribution in [2.24, 2.45) is 5.41 Å². The average Bonchev–Trinajstić information content (AvgIpc) is 3.19. The Kier molecular flexibility index (Phi) is 6.08. The summed E-state index contributed by atoms with van der Waals surface area (Å²) in [5, 5.41) is 12.7. The topological polar surface area (TPSA) is 101 Å². The molecule has 0 unspecified atom stereocenters. The van der Waals surface area contributed by atoms with Gasteiger partial charge in [-0.15, -0.1) is 0 Å². The molecular weight excluding hydrogens is 509 g/mol. The van der Waals surface area contributed by atoms with Crippen LogP contribution >= 0.6 is 23.2 Å². The number of carbonyl (C=O) groups is 1. The average molecular weight is 531 g/mol. The van der Waals surface area contributed by atoms with Crippen molar-refractivity contribution in [2.75, 3.05) is 18.8 Å². The summed E-state index contributed by atoms with van der Waals surface area (Å²) in [6.07, 6.45) is 3.66. The summed E-state index contributed by atoms with van der Waals surface area (Å²) in [6, 6.07) is 4.51. The summed E-state index contributed by atoms with van der Waals surface area (Å²) in [7, 11) is 0. The summed E-state index contributed by atoms with van der Waals surface area (Å²) in [5.74, 6) is -0.134. The van der Waals surface area contributed by atoms with Gasteiger partial charge in [0.1, 0.15) is 11.4 Å². The van der Waals surface area contributed by atoms with E-state index in [0.29, 0.717) is 31.5 Å². The molecule has 1 aliphatic carbocycles. The molecule has 186 valence electrons. The molecule has 1 amide bonds. The molecule has 36 heavy (non-hydrogen) atoms. The zero-order valence-corrected chi connectivity index (χ0v) is 20.5. The fourth-order valence-electron chi connectivity index (χ4n) is 5.37. The molecule has 0 atom stereocenters. The van der Waals surface area contributed by atoms with E-state index in [0.717, 1.165) is 6.21 Å². The Balaban J connectivity index is 1.66. The number of rotatable bonds is 6. The van der Waals surface area contributed by atoms with E-state index < -0.39 is 6.43 Å². The van der Waals surface area contributed by atoms with Crippen LogP contribution in [0.2, 0.25) is 10.0 Å². The van der Waals surface area contributed by atoms with Crippen LogP contribution < -0.4 is 5.73 Å². The second kappa shape index (κ2) is 8.97. The molecule has 0 bridgehead atoms. The Morgan fingerprint density at radius 1 is 1.31 bits per heavy atom. The van der Waals surface area contributed by atoms with Crippen LogP contribution in [0.15, 0.2) is 43.2 Å². The van der Waals surface area contributed by atoms with Gasteiger partial charge in [0.25, 0.3) is 6.43 Å². The maximum Gasteiger partial charge on any atom is 0.280 e. The molecule has 11 heteroatoms. The molecule has 5 rings (SSSR count). The highest BCUT2D eigenvalue weighted by Crippen LogP contribution is 2.56. The van der Waals surface area contributed by atoms with Crippen molar-refractivity contribution in [3.05, 3.63) is 64.6 Å². The van der Waals surface area contributed by atoms with Gasteiger partial charge in [-0.2, -0.15) is 5.10 Å².